The summed E-state index contributed by atoms with van der Waals surface area (Å²) in [6.45, 7) is 5.46. The van der Waals surface area contributed by atoms with Crippen LogP contribution in [-0.4, -0.2) is 39.7 Å². The Hall–Kier alpha value is -6.48. The average molecular weight is 723 g/mol. The molecule has 0 radical (unpaired) electrons. The second-order valence-electron chi connectivity index (χ2n) is 11.7. The van der Waals surface area contributed by atoms with Crippen LogP contribution >= 0.6 is 0 Å². The Kier molecular flexibility index (Phi) is 8.94. The Balaban J connectivity index is 1.21. The number of imidazole rings is 1. The number of hydrogen-bond donors (Lipinski definition) is 0. The molecule has 7 aromatic rings. The molecular formula is C37H30N4O10S. The van der Waals surface area contributed by atoms with Crippen molar-refractivity contribution in [3.05, 3.63) is 140 Å². The van der Waals surface area contributed by atoms with E-state index in [0.717, 1.165) is 11.1 Å². The van der Waals surface area contributed by atoms with Crippen LogP contribution in [0.3, 0.4) is 0 Å². The number of carbonyl (C=O) groups is 1. The minimum absolute atomic E-state index is 0.0808. The van der Waals surface area contributed by atoms with E-state index in [1.807, 2.05) is 38.1 Å². The Morgan fingerprint density at radius 2 is 1.60 bits per heavy atom. The summed E-state index contributed by atoms with van der Waals surface area (Å²) in [6, 6.07) is 25.9. The molecule has 0 bridgehead atoms. The lowest BCUT2D eigenvalue weighted by atomic mass is 9.98. The van der Waals surface area contributed by atoms with Crippen LogP contribution < -0.4 is 16.3 Å². The number of ether oxygens (including phenoxy) is 2. The van der Waals surface area contributed by atoms with Gasteiger partial charge in [0.05, 0.1) is 34.6 Å². The van der Waals surface area contributed by atoms with Gasteiger partial charge in [-0.15, -0.1) is 3.97 Å². The number of fused-ring (bicyclic) bond motifs is 1. The van der Waals surface area contributed by atoms with Crippen molar-refractivity contribution >= 4 is 27.0 Å². The van der Waals surface area contributed by atoms with Gasteiger partial charge in [-0.2, -0.15) is 4.98 Å². The van der Waals surface area contributed by atoms with Gasteiger partial charge in [0.1, 0.15) is 0 Å². The fourth-order valence-electron chi connectivity index (χ4n) is 5.76. The molecule has 4 aromatic carbocycles. The third kappa shape index (κ3) is 6.33. The first-order valence-corrected chi connectivity index (χ1v) is 17.5. The number of benzene rings is 4. The minimum Gasteiger partial charge on any atom is -0.465 e. The Bertz CT molecular complexity index is 2660. The molecule has 3 heterocycles. The summed E-state index contributed by atoms with van der Waals surface area (Å²) in [5.74, 6) is -2.53. The number of aromatic nitrogens is 4. The lowest BCUT2D eigenvalue weighted by molar-refractivity contribution is 0.0444. The van der Waals surface area contributed by atoms with Crippen LogP contribution in [0.2, 0.25) is 0 Å². The highest BCUT2D eigenvalue weighted by atomic mass is 32.2. The Labute approximate surface area is 295 Å². The van der Waals surface area contributed by atoms with Crippen LogP contribution in [0.1, 0.15) is 39.9 Å². The average Bonchev–Trinajstić information content (AvgIpc) is 3.81. The van der Waals surface area contributed by atoms with Gasteiger partial charge in [-0.05, 0) is 61.7 Å². The molecule has 0 fully saturated rings. The van der Waals surface area contributed by atoms with Crippen molar-refractivity contribution in [1.82, 2.24) is 18.7 Å². The molecule has 0 aliphatic heterocycles. The maximum absolute atomic E-state index is 13.6. The summed E-state index contributed by atoms with van der Waals surface area (Å²) in [4.78, 5) is 42.1. The van der Waals surface area contributed by atoms with E-state index in [4.69, 9.17) is 22.8 Å². The second kappa shape index (κ2) is 13.7. The first-order chi connectivity index (χ1) is 25.0. The predicted octanol–water partition coefficient (Wildman–Crippen LogP) is 5.72. The van der Waals surface area contributed by atoms with E-state index in [1.54, 1.807) is 59.2 Å². The summed E-state index contributed by atoms with van der Waals surface area (Å²) in [7, 11) is -4.34. The first kappa shape index (κ1) is 34.0. The third-order valence-electron chi connectivity index (χ3n) is 8.30. The number of hydrogen-bond acceptors (Lipinski definition) is 12. The van der Waals surface area contributed by atoms with Gasteiger partial charge >= 0.3 is 17.5 Å². The predicted molar refractivity (Wildman–Crippen MR) is 187 cm³/mol. The monoisotopic (exact) mass is 722 g/mol. The van der Waals surface area contributed by atoms with Crippen LogP contribution in [0, 0.1) is 13.8 Å². The Morgan fingerprint density at radius 1 is 0.865 bits per heavy atom. The zero-order chi connectivity index (χ0) is 36.6. The van der Waals surface area contributed by atoms with Crippen molar-refractivity contribution in [2.45, 2.75) is 38.8 Å². The molecule has 0 unspecified atom stereocenters. The van der Waals surface area contributed by atoms with E-state index in [0.29, 0.717) is 44.3 Å². The van der Waals surface area contributed by atoms with Gasteiger partial charge in [-0.1, -0.05) is 77.5 Å². The van der Waals surface area contributed by atoms with Crippen molar-refractivity contribution in [3.8, 4) is 28.5 Å². The molecule has 7 rings (SSSR count). The van der Waals surface area contributed by atoms with Gasteiger partial charge in [-0.3, -0.25) is 9.09 Å². The molecule has 0 N–H and O–H groups in total. The number of rotatable bonds is 11. The van der Waals surface area contributed by atoms with Crippen molar-refractivity contribution in [3.63, 3.8) is 0 Å². The highest BCUT2D eigenvalue weighted by molar-refractivity contribution is 7.90. The van der Waals surface area contributed by atoms with Crippen molar-refractivity contribution in [2.24, 2.45) is 0 Å². The number of para-hydroxylation sites is 1. The SMILES string of the molecule is CCOc1nc2cccc(C(=O)OCc3oc(=O)oc3C)c2n1Cc1ccc(-c2ccccc2-c2noc(=O)n2S(=O)(=O)c2ccc(C)cc2)cc1. The van der Waals surface area contributed by atoms with Gasteiger partial charge < -0.3 is 18.3 Å². The van der Waals surface area contributed by atoms with Crippen LogP contribution in [0.25, 0.3) is 33.5 Å². The van der Waals surface area contributed by atoms with E-state index in [1.165, 1.54) is 19.1 Å². The van der Waals surface area contributed by atoms with E-state index < -0.39 is 27.6 Å². The molecular weight excluding hydrogens is 692 g/mol. The molecule has 14 nitrogen and oxygen atoms in total. The molecule has 0 atom stereocenters. The standard InChI is InChI=1S/C37H30N4O10S/c1-4-47-35-38-30-11-7-10-29(34(42)48-21-31-23(3)49-37(44)50-31)32(30)40(35)20-24-14-16-25(17-15-24)27-8-5-6-9-28(27)33-39-51-36(43)41(33)52(45,46)26-18-12-22(2)13-19-26/h5-19H,4,20-21H2,1-3H3. The van der Waals surface area contributed by atoms with Crippen LogP contribution in [0.5, 0.6) is 6.01 Å². The van der Waals surface area contributed by atoms with Crippen LogP contribution in [0.15, 0.2) is 119 Å². The zero-order valence-corrected chi connectivity index (χ0v) is 28.9. The van der Waals surface area contributed by atoms with E-state index in [2.05, 4.69) is 10.1 Å². The molecule has 0 aliphatic carbocycles. The maximum atomic E-state index is 13.6. The molecule has 264 valence electrons. The molecule has 3 aromatic heterocycles. The quantitative estimate of drug-likeness (QED) is 0.148. The maximum Gasteiger partial charge on any atom is 0.519 e. The van der Waals surface area contributed by atoms with E-state index in [-0.39, 0.29) is 41.0 Å². The summed E-state index contributed by atoms with van der Waals surface area (Å²) in [5, 5.41) is 3.87. The number of carbonyl (C=O) groups excluding carboxylic acids is 1. The smallest absolute Gasteiger partial charge is 0.465 e. The topological polar surface area (TPSA) is 179 Å². The molecule has 0 saturated heterocycles. The minimum atomic E-state index is -4.34. The highest BCUT2D eigenvalue weighted by Crippen LogP contribution is 2.33. The highest BCUT2D eigenvalue weighted by Gasteiger charge is 2.28. The Morgan fingerprint density at radius 3 is 2.29 bits per heavy atom. The van der Waals surface area contributed by atoms with Crippen LogP contribution in [-0.2, 0) is 27.9 Å². The fourth-order valence-corrected chi connectivity index (χ4v) is 7.04. The van der Waals surface area contributed by atoms with Gasteiger partial charge in [0.2, 0.25) is 5.82 Å². The molecule has 0 amide bonds. The third-order valence-corrected chi connectivity index (χ3v) is 9.97. The fraction of sp³-hybridized carbons (Fsp3) is 0.162. The van der Waals surface area contributed by atoms with E-state index >= 15 is 0 Å². The summed E-state index contributed by atoms with van der Waals surface area (Å²) in [6.07, 6.45) is 0. The molecule has 0 spiro atoms. The van der Waals surface area contributed by atoms with Gasteiger partial charge in [-0.25, -0.2) is 22.8 Å². The van der Waals surface area contributed by atoms with Crippen molar-refractivity contribution in [2.75, 3.05) is 6.61 Å². The first-order valence-electron chi connectivity index (χ1n) is 16.0. The number of nitrogens with zero attached hydrogens (tertiary/aromatic N) is 4. The summed E-state index contributed by atoms with van der Waals surface area (Å²) < 4.78 is 55.6. The zero-order valence-electron chi connectivity index (χ0n) is 28.1. The molecule has 52 heavy (non-hydrogen) atoms. The largest absolute Gasteiger partial charge is 0.519 e. The van der Waals surface area contributed by atoms with Gasteiger partial charge in [0, 0.05) is 5.56 Å². The van der Waals surface area contributed by atoms with Crippen molar-refractivity contribution < 1.29 is 36.0 Å². The second-order valence-corrected chi connectivity index (χ2v) is 13.5. The van der Waals surface area contributed by atoms with E-state index in [9.17, 15) is 22.8 Å². The molecule has 0 aliphatic rings. The molecule has 15 heteroatoms. The summed E-state index contributed by atoms with van der Waals surface area (Å²) >= 11 is 0. The lowest BCUT2D eigenvalue weighted by Crippen LogP contribution is -2.24. The lowest BCUT2D eigenvalue weighted by Gasteiger charge is -2.13. The molecule has 0 saturated carbocycles. The normalized spacial score (nSPS) is 11.6. The van der Waals surface area contributed by atoms with Gasteiger partial charge in [0.15, 0.2) is 18.1 Å². The summed E-state index contributed by atoms with van der Waals surface area (Å²) in [5.41, 5.74) is 4.57. The van der Waals surface area contributed by atoms with Crippen LogP contribution in [0.4, 0.5) is 0 Å². The number of aryl methyl sites for hydroxylation is 2. The number of esters is 1. The van der Waals surface area contributed by atoms with Gasteiger partial charge in [0.25, 0.3) is 16.0 Å². The van der Waals surface area contributed by atoms with Crippen molar-refractivity contribution in [1.29, 1.82) is 0 Å².